The Balaban J connectivity index is 1.24. The van der Waals surface area contributed by atoms with Crippen molar-refractivity contribution in [2.24, 2.45) is 10.9 Å². The van der Waals surface area contributed by atoms with Crippen molar-refractivity contribution in [2.45, 2.75) is 45.1 Å². The van der Waals surface area contributed by atoms with Gasteiger partial charge in [-0.1, -0.05) is 35.5 Å². The molecule has 3 aromatic rings. The van der Waals surface area contributed by atoms with Crippen LogP contribution in [-0.4, -0.2) is 34.8 Å². The fraction of sp³-hybridized carbons (Fsp3) is 0.385. The highest BCUT2D eigenvalue weighted by atomic mass is 16.5. The molecule has 5 rings (SSSR count). The number of pyridine rings is 1. The Morgan fingerprint density at radius 1 is 1.22 bits per heavy atom. The van der Waals surface area contributed by atoms with E-state index >= 15 is 0 Å². The molecule has 3 heterocycles. The number of aromatic nitrogens is 2. The van der Waals surface area contributed by atoms with Gasteiger partial charge in [0.1, 0.15) is 17.2 Å². The average Bonchev–Trinajstić information content (AvgIpc) is 3.37. The summed E-state index contributed by atoms with van der Waals surface area (Å²) in [7, 11) is 0. The number of rotatable bonds is 10. The first-order chi connectivity index (χ1) is 15.7. The van der Waals surface area contributed by atoms with Crippen LogP contribution in [0.1, 0.15) is 59.0 Å². The van der Waals surface area contributed by atoms with Crippen molar-refractivity contribution in [3.8, 4) is 0 Å². The summed E-state index contributed by atoms with van der Waals surface area (Å²) in [5.74, 6) is 1.71. The van der Waals surface area contributed by atoms with Crippen LogP contribution in [0.3, 0.4) is 0 Å². The minimum Gasteiger partial charge on any atom is -0.381 e. The lowest BCUT2D eigenvalue weighted by atomic mass is 9.93. The van der Waals surface area contributed by atoms with Gasteiger partial charge in [0.05, 0.1) is 18.9 Å². The number of aryl methyl sites for hydroxylation is 1. The third kappa shape index (κ3) is 4.86. The molecule has 32 heavy (non-hydrogen) atoms. The van der Waals surface area contributed by atoms with Gasteiger partial charge in [0.2, 0.25) is 0 Å². The van der Waals surface area contributed by atoms with Crippen molar-refractivity contribution in [3.05, 3.63) is 82.5 Å². The second-order valence-electron chi connectivity index (χ2n) is 8.83. The third-order valence-electron chi connectivity index (χ3n) is 6.07. The van der Waals surface area contributed by atoms with E-state index in [2.05, 4.69) is 27.3 Å². The maximum Gasteiger partial charge on any atom is 0.139 e. The molecule has 0 radical (unpaired) electrons. The van der Waals surface area contributed by atoms with Gasteiger partial charge in [-0.25, -0.2) is 0 Å². The molecule has 0 saturated heterocycles. The van der Waals surface area contributed by atoms with Gasteiger partial charge in [0.25, 0.3) is 0 Å². The zero-order chi connectivity index (χ0) is 21.9. The smallest absolute Gasteiger partial charge is 0.139 e. The number of ketones is 1. The number of benzene rings is 1. The van der Waals surface area contributed by atoms with Gasteiger partial charge in [0.15, 0.2) is 0 Å². The van der Waals surface area contributed by atoms with Crippen LogP contribution in [0.25, 0.3) is 0 Å². The van der Waals surface area contributed by atoms with Crippen LogP contribution in [0.15, 0.2) is 58.2 Å². The lowest BCUT2D eigenvalue weighted by Gasteiger charge is -2.17. The number of carbonyl (C=O) groups excluding carboxylic acids is 1. The fourth-order valence-corrected chi connectivity index (χ4v) is 4.14. The summed E-state index contributed by atoms with van der Waals surface area (Å²) in [6, 6.07) is 14.1. The second-order valence-corrected chi connectivity index (χ2v) is 8.83. The molecule has 0 spiro atoms. The summed E-state index contributed by atoms with van der Waals surface area (Å²) in [4.78, 5) is 22.1. The first kappa shape index (κ1) is 20.8. The standard InChI is InChI=1S/C26H27N3O3/c1-17-9-25(29-32-17)26-24-14-27-22(10-20(24)13-28-26)12-23(30)11-21(16-31-15-18-7-8-18)19-5-3-2-4-6-19/h2-6,9-10,14,18,21H,7-8,11-13,15-16H2,1H3/t21-/m1/s1. The molecular weight excluding hydrogens is 402 g/mol. The van der Waals surface area contributed by atoms with Crippen LogP contribution in [0.5, 0.6) is 0 Å². The van der Waals surface area contributed by atoms with E-state index in [1.807, 2.05) is 37.3 Å². The van der Waals surface area contributed by atoms with Gasteiger partial charge < -0.3 is 9.26 Å². The van der Waals surface area contributed by atoms with E-state index in [1.165, 1.54) is 12.8 Å². The SMILES string of the molecule is Cc1cc(C2=NCc3cc(CC(=O)C[C@H](COCC4CC4)c4ccccc4)ncc32)no1. The van der Waals surface area contributed by atoms with E-state index in [4.69, 9.17) is 9.26 Å². The van der Waals surface area contributed by atoms with Crippen LogP contribution < -0.4 is 0 Å². The molecule has 1 aliphatic carbocycles. The highest BCUT2D eigenvalue weighted by Crippen LogP contribution is 2.30. The molecule has 164 valence electrons. The maximum atomic E-state index is 12.9. The lowest BCUT2D eigenvalue weighted by molar-refractivity contribution is -0.119. The molecular formula is C26H27N3O3. The summed E-state index contributed by atoms with van der Waals surface area (Å²) >= 11 is 0. The highest BCUT2D eigenvalue weighted by molar-refractivity contribution is 6.13. The number of nitrogens with zero attached hydrogens (tertiary/aromatic N) is 3. The van der Waals surface area contributed by atoms with E-state index < -0.39 is 0 Å². The molecule has 0 unspecified atom stereocenters. The van der Waals surface area contributed by atoms with Crippen molar-refractivity contribution < 1.29 is 14.1 Å². The summed E-state index contributed by atoms with van der Waals surface area (Å²) < 4.78 is 11.1. The van der Waals surface area contributed by atoms with Gasteiger partial charge in [-0.05, 0) is 42.9 Å². The predicted molar refractivity (Wildman–Crippen MR) is 121 cm³/mol. The first-order valence-corrected chi connectivity index (χ1v) is 11.3. The monoisotopic (exact) mass is 429 g/mol. The maximum absolute atomic E-state index is 12.9. The number of fused-ring (bicyclic) bond motifs is 1. The minimum atomic E-state index is 0.0715. The molecule has 0 N–H and O–H groups in total. The number of ether oxygens (including phenoxy) is 1. The van der Waals surface area contributed by atoms with Crippen LogP contribution in [0, 0.1) is 12.8 Å². The molecule has 0 amide bonds. The molecule has 1 saturated carbocycles. The number of aliphatic imine (C=N–C) groups is 1. The fourth-order valence-electron chi connectivity index (χ4n) is 4.14. The van der Waals surface area contributed by atoms with Gasteiger partial charge >= 0.3 is 0 Å². The van der Waals surface area contributed by atoms with Crippen molar-refractivity contribution >= 4 is 11.5 Å². The lowest BCUT2D eigenvalue weighted by Crippen LogP contribution is -2.16. The molecule has 2 aromatic heterocycles. The van der Waals surface area contributed by atoms with Gasteiger partial charge in [-0.2, -0.15) is 0 Å². The molecule has 1 aromatic carbocycles. The number of Topliss-reactive ketones (excluding diaryl/α,β-unsaturated/α-hetero) is 1. The average molecular weight is 430 g/mol. The molecule has 2 aliphatic rings. The predicted octanol–water partition coefficient (Wildman–Crippen LogP) is 4.44. The minimum absolute atomic E-state index is 0.0715. The van der Waals surface area contributed by atoms with Gasteiger partial charge in [0, 0.05) is 48.9 Å². The first-order valence-electron chi connectivity index (χ1n) is 11.3. The Morgan fingerprint density at radius 3 is 2.81 bits per heavy atom. The Morgan fingerprint density at radius 2 is 2.06 bits per heavy atom. The molecule has 6 heteroatoms. The summed E-state index contributed by atoms with van der Waals surface area (Å²) in [6.07, 6.45) is 5.10. The summed E-state index contributed by atoms with van der Waals surface area (Å²) in [6.45, 7) is 3.82. The van der Waals surface area contributed by atoms with Crippen LogP contribution >= 0.6 is 0 Å². The number of carbonyl (C=O) groups is 1. The molecule has 1 aliphatic heterocycles. The van der Waals surface area contributed by atoms with Crippen molar-refractivity contribution in [1.29, 1.82) is 0 Å². The highest BCUT2D eigenvalue weighted by Gasteiger charge is 2.24. The normalized spacial score (nSPS) is 16.0. The van der Waals surface area contributed by atoms with Gasteiger partial charge in [-0.3, -0.25) is 14.8 Å². The summed E-state index contributed by atoms with van der Waals surface area (Å²) in [5.41, 5.74) is 5.51. The van der Waals surface area contributed by atoms with Crippen molar-refractivity contribution in [2.75, 3.05) is 13.2 Å². The van der Waals surface area contributed by atoms with Crippen molar-refractivity contribution in [1.82, 2.24) is 10.1 Å². The number of hydrogen-bond acceptors (Lipinski definition) is 6. The van der Waals surface area contributed by atoms with E-state index in [9.17, 15) is 4.79 Å². The quantitative estimate of drug-likeness (QED) is 0.476. The molecule has 6 nitrogen and oxygen atoms in total. The largest absolute Gasteiger partial charge is 0.381 e. The van der Waals surface area contributed by atoms with E-state index in [-0.39, 0.29) is 11.7 Å². The number of hydrogen-bond donors (Lipinski definition) is 0. The van der Waals surface area contributed by atoms with Crippen LogP contribution in [-0.2, 0) is 22.5 Å². The second kappa shape index (κ2) is 9.17. The third-order valence-corrected chi connectivity index (χ3v) is 6.07. The Kier molecular flexibility index (Phi) is 5.95. The Labute approximate surface area is 187 Å². The van der Waals surface area contributed by atoms with Gasteiger partial charge in [-0.15, -0.1) is 0 Å². The van der Waals surface area contributed by atoms with E-state index in [0.29, 0.717) is 31.9 Å². The summed E-state index contributed by atoms with van der Waals surface area (Å²) in [5, 5.41) is 4.07. The Hall–Kier alpha value is -3.12. The molecule has 1 fully saturated rings. The zero-order valence-corrected chi connectivity index (χ0v) is 18.3. The van der Waals surface area contributed by atoms with E-state index in [1.54, 1.807) is 6.20 Å². The zero-order valence-electron chi connectivity index (χ0n) is 18.3. The Bertz CT molecular complexity index is 1130. The molecule has 0 bridgehead atoms. The van der Waals surface area contributed by atoms with Crippen LogP contribution in [0.2, 0.25) is 0 Å². The topological polar surface area (TPSA) is 77.6 Å². The van der Waals surface area contributed by atoms with Crippen LogP contribution in [0.4, 0.5) is 0 Å². The molecule has 1 atom stereocenters. The van der Waals surface area contributed by atoms with Crippen molar-refractivity contribution in [3.63, 3.8) is 0 Å². The van der Waals surface area contributed by atoms with E-state index in [0.717, 1.165) is 46.2 Å².